The second-order valence-electron chi connectivity index (χ2n) is 8.30. The van der Waals surface area contributed by atoms with Gasteiger partial charge in [-0.15, -0.1) is 0 Å². The van der Waals surface area contributed by atoms with Gasteiger partial charge in [-0.2, -0.15) is 0 Å². The first-order valence-corrected chi connectivity index (χ1v) is 11.3. The van der Waals surface area contributed by atoms with Crippen LogP contribution in [0.5, 0.6) is 0 Å². The Hall–Kier alpha value is -3.61. The molecule has 2 aromatic heterocycles. The molecule has 1 aromatic carbocycles. The zero-order chi connectivity index (χ0) is 23.0. The van der Waals surface area contributed by atoms with Crippen molar-refractivity contribution in [3.8, 4) is 0 Å². The first-order valence-electron chi connectivity index (χ1n) is 11.3. The predicted octanol–water partition coefficient (Wildman–Crippen LogP) is 4.45. The summed E-state index contributed by atoms with van der Waals surface area (Å²) in [6, 6.07) is 13.7. The third kappa shape index (κ3) is 5.80. The highest BCUT2D eigenvalue weighted by atomic mass is 19.1. The van der Waals surface area contributed by atoms with Gasteiger partial charge in [0.15, 0.2) is 0 Å². The summed E-state index contributed by atoms with van der Waals surface area (Å²) in [6.07, 6.45) is 9.97. The largest absolute Gasteiger partial charge is 0.351 e. The number of nitrogens with zero attached hydrogens (tertiary/aromatic N) is 3. The van der Waals surface area contributed by atoms with Gasteiger partial charge in [-0.25, -0.2) is 4.39 Å². The van der Waals surface area contributed by atoms with Crippen molar-refractivity contribution in [1.29, 1.82) is 0 Å². The minimum absolute atomic E-state index is 0.0909. The van der Waals surface area contributed by atoms with Crippen molar-refractivity contribution in [2.24, 2.45) is 0 Å². The van der Waals surface area contributed by atoms with Gasteiger partial charge in [0.25, 0.3) is 5.91 Å². The van der Waals surface area contributed by atoms with Crippen LogP contribution in [-0.2, 0) is 11.3 Å². The molecule has 2 amide bonds. The fourth-order valence-corrected chi connectivity index (χ4v) is 4.25. The molecule has 4 rings (SSSR count). The number of carbonyl (C=O) groups is 2. The molecule has 33 heavy (non-hydrogen) atoms. The van der Waals surface area contributed by atoms with Gasteiger partial charge in [-0.05, 0) is 60.4 Å². The van der Waals surface area contributed by atoms with Crippen LogP contribution in [0.1, 0.15) is 59.8 Å². The summed E-state index contributed by atoms with van der Waals surface area (Å²) in [6.45, 7) is 0.126. The lowest BCUT2D eigenvalue weighted by atomic mass is 9.94. The van der Waals surface area contributed by atoms with E-state index in [-0.39, 0.29) is 35.9 Å². The van der Waals surface area contributed by atoms with E-state index >= 15 is 0 Å². The number of amides is 2. The van der Waals surface area contributed by atoms with E-state index in [0.29, 0.717) is 11.1 Å². The number of carbonyl (C=O) groups excluding carboxylic acids is 2. The van der Waals surface area contributed by atoms with Gasteiger partial charge in [0.05, 0.1) is 0 Å². The molecule has 1 aliphatic carbocycles. The van der Waals surface area contributed by atoms with Crippen molar-refractivity contribution in [1.82, 2.24) is 20.2 Å². The van der Waals surface area contributed by atoms with E-state index in [9.17, 15) is 14.0 Å². The second kappa shape index (κ2) is 10.8. The lowest BCUT2D eigenvalue weighted by Crippen LogP contribution is -2.47. The van der Waals surface area contributed by atoms with Gasteiger partial charge < -0.3 is 10.2 Å². The summed E-state index contributed by atoms with van der Waals surface area (Å²) in [5, 5.41) is 3.17. The fourth-order valence-electron chi connectivity index (χ4n) is 4.25. The van der Waals surface area contributed by atoms with E-state index in [0.717, 1.165) is 25.7 Å². The average Bonchev–Trinajstić information content (AvgIpc) is 2.86. The number of hydrogen-bond acceptors (Lipinski definition) is 4. The lowest BCUT2D eigenvalue weighted by molar-refractivity contribution is -0.127. The van der Waals surface area contributed by atoms with E-state index < -0.39 is 6.04 Å². The predicted molar refractivity (Wildman–Crippen MR) is 123 cm³/mol. The van der Waals surface area contributed by atoms with Crippen molar-refractivity contribution in [3.05, 3.63) is 95.8 Å². The van der Waals surface area contributed by atoms with Crippen LogP contribution in [0.25, 0.3) is 0 Å². The Bertz CT molecular complexity index is 1050. The first-order chi connectivity index (χ1) is 16.1. The standard InChI is InChI=1S/C26H27FN4O2/c27-21-11-9-19(10-12-21)18-31(26(33)23-8-4-5-15-29-23)24(20-13-16-28-17-14-20)25(32)30-22-6-2-1-3-7-22/h4-5,8-17,22,24H,1-3,6-7,18H2,(H,30,32)/t24-/m0/s1. The smallest absolute Gasteiger partial charge is 0.273 e. The molecule has 170 valence electrons. The van der Waals surface area contributed by atoms with Crippen molar-refractivity contribution in [2.45, 2.75) is 50.7 Å². The number of benzene rings is 1. The topological polar surface area (TPSA) is 75.2 Å². The van der Waals surface area contributed by atoms with E-state index in [1.807, 2.05) is 0 Å². The van der Waals surface area contributed by atoms with Crippen LogP contribution in [0.15, 0.2) is 73.2 Å². The number of halogens is 1. The van der Waals surface area contributed by atoms with Crippen LogP contribution in [0, 0.1) is 5.82 Å². The molecule has 0 bridgehead atoms. The van der Waals surface area contributed by atoms with Crippen LogP contribution >= 0.6 is 0 Å². The Balaban J connectivity index is 1.71. The Kier molecular flexibility index (Phi) is 7.40. The molecule has 7 heteroatoms. The van der Waals surface area contributed by atoms with Gasteiger partial charge in [0.2, 0.25) is 5.91 Å². The molecule has 0 aliphatic heterocycles. The Morgan fingerprint density at radius 2 is 1.70 bits per heavy atom. The molecule has 3 aromatic rings. The normalized spacial score (nSPS) is 14.9. The molecule has 2 heterocycles. The van der Waals surface area contributed by atoms with Crippen molar-refractivity contribution >= 4 is 11.8 Å². The van der Waals surface area contributed by atoms with Crippen LogP contribution in [0.2, 0.25) is 0 Å². The monoisotopic (exact) mass is 446 g/mol. The van der Waals surface area contributed by atoms with Gasteiger partial charge in [0, 0.05) is 31.2 Å². The van der Waals surface area contributed by atoms with Gasteiger partial charge in [0.1, 0.15) is 17.6 Å². The molecule has 0 spiro atoms. The van der Waals surface area contributed by atoms with E-state index in [2.05, 4.69) is 15.3 Å². The van der Waals surface area contributed by atoms with Crippen LogP contribution in [-0.4, -0.2) is 32.7 Å². The summed E-state index contributed by atoms with van der Waals surface area (Å²) in [4.78, 5) is 37.0. The molecule has 1 atom stereocenters. The maximum Gasteiger partial charge on any atom is 0.273 e. The van der Waals surface area contributed by atoms with Crippen molar-refractivity contribution in [2.75, 3.05) is 0 Å². The highest BCUT2D eigenvalue weighted by Crippen LogP contribution is 2.27. The zero-order valence-electron chi connectivity index (χ0n) is 18.4. The Morgan fingerprint density at radius 1 is 0.970 bits per heavy atom. The highest BCUT2D eigenvalue weighted by molar-refractivity contribution is 5.96. The SMILES string of the molecule is O=C(NC1CCCCC1)[C@H](c1ccncc1)N(Cc1ccc(F)cc1)C(=O)c1ccccn1. The average molecular weight is 447 g/mol. The molecule has 0 saturated heterocycles. The summed E-state index contributed by atoms with van der Waals surface area (Å²) >= 11 is 0. The number of nitrogens with one attached hydrogen (secondary N) is 1. The third-order valence-electron chi connectivity index (χ3n) is 5.94. The molecule has 1 N–H and O–H groups in total. The summed E-state index contributed by atoms with van der Waals surface area (Å²) < 4.78 is 13.5. The van der Waals surface area contributed by atoms with Gasteiger partial charge in [-0.3, -0.25) is 19.6 Å². The van der Waals surface area contributed by atoms with Crippen molar-refractivity contribution in [3.63, 3.8) is 0 Å². The minimum atomic E-state index is -0.880. The number of pyridine rings is 2. The summed E-state index contributed by atoms with van der Waals surface area (Å²) in [5.41, 5.74) is 1.61. The molecular formula is C26H27FN4O2. The maximum absolute atomic E-state index is 13.6. The highest BCUT2D eigenvalue weighted by Gasteiger charge is 2.34. The molecule has 1 fully saturated rings. The number of hydrogen-bond donors (Lipinski definition) is 1. The first kappa shape index (κ1) is 22.6. The van der Waals surface area contributed by atoms with Gasteiger partial charge in [-0.1, -0.05) is 37.5 Å². The van der Waals surface area contributed by atoms with E-state index in [4.69, 9.17) is 0 Å². The number of rotatable bonds is 7. The van der Waals surface area contributed by atoms with Crippen LogP contribution < -0.4 is 5.32 Å². The van der Waals surface area contributed by atoms with E-state index in [1.54, 1.807) is 61.1 Å². The minimum Gasteiger partial charge on any atom is -0.351 e. The second-order valence-corrected chi connectivity index (χ2v) is 8.30. The zero-order valence-corrected chi connectivity index (χ0v) is 18.4. The lowest BCUT2D eigenvalue weighted by Gasteiger charge is -2.33. The van der Waals surface area contributed by atoms with E-state index in [1.165, 1.54) is 23.5 Å². The third-order valence-corrected chi connectivity index (χ3v) is 5.94. The van der Waals surface area contributed by atoms with Gasteiger partial charge >= 0.3 is 0 Å². The Morgan fingerprint density at radius 3 is 2.36 bits per heavy atom. The molecule has 0 unspecified atom stereocenters. The number of aromatic nitrogens is 2. The maximum atomic E-state index is 13.6. The molecule has 6 nitrogen and oxygen atoms in total. The van der Waals surface area contributed by atoms with Crippen LogP contribution in [0.4, 0.5) is 4.39 Å². The summed E-state index contributed by atoms with van der Waals surface area (Å²) in [7, 11) is 0. The summed E-state index contributed by atoms with van der Waals surface area (Å²) in [5.74, 6) is -0.970. The van der Waals surface area contributed by atoms with Crippen molar-refractivity contribution < 1.29 is 14.0 Å². The molecular weight excluding hydrogens is 419 g/mol. The van der Waals surface area contributed by atoms with Crippen LogP contribution in [0.3, 0.4) is 0 Å². The molecule has 1 aliphatic rings. The molecule has 1 saturated carbocycles. The Labute approximate surface area is 192 Å². The quantitative estimate of drug-likeness (QED) is 0.582. The molecule has 0 radical (unpaired) electrons. The fraction of sp³-hybridized carbons (Fsp3) is 0.308.